The predicted molar refractivity (Wildman–Crippen MR) is 117 cm³/mol. The molecule has 3 heterocycles. The zero-order chi connectivity index (χ0) is 23.2. The van der Waals surface area contributed by atoms with Crippen molar-refractivity contribution in [2.24, 2.45) is 0 Å². The Hall–Kier alpha value is -3.20. The highest BCUT2D eigenvalue weighted by Crippen LogP contribution is 2.31. The third-order valence-electron chi connectivity index (χ3n) is 5.28. The minimum Gasteiger partial charge on any atom is -0.492 e. The molecule has 0 saturated carbocycles. The Morgan fingerprint density at radius 2 is 2.06 bits per heavy atom. The average molecular weight is 463 g/mol. The smallest absolute Gasteiger partial charge is 0.278 e. The maximum absolute atomic E-state index is 13.7. The zero-order valence-corrected chi connectivity index (χ0v) is 18.3. The topological polar surface area (TPSA) is 68.8 Å². The summed E-state index contributed by atoms with van der Waals surface area (Å²) in [5, 5.41) is 4.20. The second-order valence-corrected chi connectivity index (χ2v) is 8.32. The molecule has 0 spiro atoms. The van der Waals surface area contributed by atoms with E-state index in [4.69, 9.17) is 16.3 Å². The Labute approximate surface area is 187 Å². The van der Waals surface area contributed by atoms with Crippen LogP contribution < -0.4 is 5.56 Å². The maximum Gasteiger partial charge on any atom is 0.278 e. The number of aromatic nitrogens is 3. The lowest BCUT2D eigenvalue weighted by atomic mass is 9.99. The number of alkyl halides is 1. The molecule has 0 aliphatic carbocycles. The van der Waals surface area contributed by atoms with E-state index in [1.54, 1.807) is 13.0 Å². The van der Waals surface area contributed by atoms with Gasteiger partial charge < -0.3 is 9.64 Å². The second-order valence-electron chi connectivity index (χ2n) is 7.92. The van der Waals surface area contributed by atoms with Crippen LogP contribution in [-0.4, -0.2) is 50.4 Å². The largest absolute Gasteiger partial charge is 0.492 e. The van der Waals surface area contributed by atoms with Gasteiger partial charge in [0.1, 0.15) is 41.3 Å². The minimum atomic E-state index is -1.41. The molecule has 10 heteroatoms. The van der Waals surface area contributed by atoms with Crippen LogP contribution in [-0.2, 0) is 16.1 Å². The van der Waals surface area contributed by atoms with E-state index in [1.165, 1.54) is 40.9 Å². The first-order valence-corrected chi connectivity index (χ1v) is 10.3. The Morgan fingerprint density at radius 3 is 2.69 bits per heavy atom. The van der Waals surface area contributed by atoms with Crippen LogP contribution in [0.2, 0.25) is 5.02 Å². The molecule has 1 fully saturated rings. The fourth-order valence-corrected chi connectivity index (χ4v) is 3.92. The van der Waals surface area contributed by atoms with Gasteiger partial charge >= 0.3 is 0 Å². The number of rotatable bonds is 6. The van der Waals surface area contributed by atoms with Crippen LogP contribution >= 0.6 is 11.6 Å². The molecule has 0 bridgehead atoms. The highest BCUT2D eigenvalue weighted by molar-refractivity contribution is 6.31. The van der Waals surface area contributed by atoms with Crippen LogP contribution in [0.1, 0.15) is 19.5 Å². The minimum absolute atomic E-state index is 0.0148. The molecule has 0 atom stereocenters. The predicted octanol–water partition coefficient (Wildman–Crippen LogP) is 3.53. The average Bonchev–Trinajstić information content (AvgIpc) is 3.11. The molecule has 0 N–H and O–H groups in total. The molecule has 1 aliphatic heterocycles. The summed E-state index contributed by atoms with van der Waals surface area (Å²) >= 11 is 5.95. The number of carbonyl (C=O) groups excluding carboxylic acids is 1. The molecular formula is C22H21ClF2N4O3. The SMILES string of the molecule is C=C(OCC)c1cc(-c2ccc(F)c(Cl)c2)c2c(=O)n(CC(=O)N3CC(C)(F)C3)cnn12. The summed E-state index contributed by atoms with van der Waals surface area (Å²) in [6.07, 6.45) is 1.24. The van der Waals surface area contributed by atoms with Crippen LogP contribution in [0, 0.1) is 5.82 Å². The normalized spacial score (nSPS) is 15.0. The molecule has 1 aliphatic rings. The number of carbonyl (C=O) groups is 1. The van der Waals surface area contributed by atoms with Gasteiger partial charge in [-0.25, -0.2) is 13.3 Å². The lowest BCUT2D eigenvalue weighted by Crippen LogP contribution is -2.60. The van der Waals surface area contributed by atoms with Crippen molar-refractivity contribution >= 4 is 28.8 Å². The molecule has 1 aromatic carbocycles. The van der Waals surface area contributed by atoms with Gasteiger partial charge in [-0.05, 0) is 37.6 Å². The molecule has 32 heavy (non-hydrogen) atoms. The van der Waals surface area contributed by atoms with Crippen LogP contribution in [0.4, 0.5) is 8.78 Å². The zero-order valence-electron chi connectivity index (χ0n) is 17.6. The fourth-order valence-electron chi connectivity index (χ4n) is 3.74. The number of amides is 1. The third kappa shape index (κ3) is 3.88. The van der Waals surface area contributed by atoms with E-state index in [2.05, 4.69) is 11.7 Å². The number of benzene rings is 1. The summed E-state index contributed by atoms with van der Waals surface area (Å²) in [7, 11) is 0. The quantitative estimate of drug-likeness (QED) is 0.525. The number of halogens is 3. The second kappa shape index (κ2) is 8.05. The molecular weight excluding hydrogens is 442 g/mol. The van der Waals surface area contributed by atoms with Crippen LogP contribution in [0.15, 0.2) is 42.0 Å². The van der Waals surface area contributed by atoms with Crippen molar-refractivity contribution in [3.05, 3.63) is 64.1 Å². The number of likely N-dealkylation sites (tertiary alicyclic amines) is 1. The number of hydrogen-bond acceptors (Lipinski definition) is 4. The first-order valence-electron chi connectivity index (χ1n) is 9.96. The van der Waals surface area contributed by atoms with Gasteiger partial charge in [0.2, 0.25) is 5.91 Å². The van der Waals surface area contributed by atoms with E-state index in [0.717, 1.165) is 4.57 Å². The van der Waals surface area contributed by atoms with Gasteiger partial charge in [-0.3, -0.25) is 14.2 Å². The van der Waals surface area contributed by atoms with Gasteiger partial charge in [0.05, 0.1) is 24.7 Å². The summed E-state index contributed by atoms with van der Waals surface area (Å²) in [5.74, 6) is -0.677. The highest BCUT2D eigenvalue weighted by Gasteiger charge is 2.41. The molecule has 3 aromatic rings. The van der Waals surface area contributed by atoms with Crippen molar-refractivity contribution in [1.29, 1.82) is 0 Å². The number of fused-ring (bicyclic) bond motifs is 1. The van der Waals surface area contributed by atoms with Crippen molar-refractivity contribution in [3.63, 3.8) is 0 Å². The standard InChI is InChI=1S/C22H21ClF2N4O3/c1-4-32-13(2)18-8-15(14-5-6-17(24)16(23)7-14)20-21(31)27(12-26-29(18)20)9-19(30)28-10-22(3,25)11-28/h5-8,12H,2,4,9-11H2,1,3H3. The van der Waals surface area contributed by atoms with Crippen molar-refractivity contribution < 1.29 is 18.3 Å². The number of ether oxygens (including phenoxy) is 1. The Balaban J connectivity index is 1.81. The highest BCUT2D eigenvalue weighted by atomic mass is 35.5. The van der Waals surface area contributed by atoms with Gasteiger partial charge in [0.15, 0.2) is 0 Å². The first-order chi connectivity index (χ1) is 15.1. The van der Waals surface area contributed by atoms with Gasteiger partial charge in [-0.15, -0.1) is 0 Å². The van der Waals surface area contributed by atoms with Crippen molar-refractivity contribution in [2.45, 2.75) is 26.1 Å². The van der Waals surface area contributed by atoms with E-state index in [0.29, 0.717) is 29.2 Å². The Kier molecular flexibility index (Phi) is 5.54. The van der Waals surface area contributed by atoms with Gasteiger partial charge in [0.25, 0.3) is 5.56 Å². The Morgan fingerprint density at radius 1 is 1.34 bits per heavy atom. The molecule has 1 amide bonds. The van der Waals surface area contributed by atoms with E-state index in [9.17, 15) is 18.4 Å². The van der Waals surface area contributed by atoms with Crippen LogP contribution in [0.3, 0.4) is 0 Å². The van der Waals surface area contributed by atoms with E-state index < -0.39 is 17.0 Å². The lowest BCUT2D eigenvalue weighted by molar-refractivity contribution is -0.144. The molecule has 2 aromatic heterocycles. The van der Waals surface area contributed by atoms with Gasteiger partial charge in [0, 0.05) is 5.56 Å². The summed E-state index contributed by atoms with van der Waals surface area (Å²) in [4.78, 5) is 27.2. The molecule has 0 radical (unpaired) electrons. The molecule has 168 valence electrons. The molecule has 7 nitrogen and oxygen atoms in total. The maximum atomic E-state index is 13.7. The number of nitrogens with zero attached hydrogens (tertiary/aromatic N) is 4. The lowest BCUT2D eigenvalue weighted by Gasteiger charge is -2.42. The summed E-state index contributed by atoms with van der Waals surface area (Å²) < 4.78 is 35.5. The fraction of sp³-hybridized carbons (Fsp3) is 0.318. The van der Waals surface area contributed by atoms with Crippen LogP contribution in [0.5, 0.6) is 0 Å². The molecule has 4 rings (SSSR count). The van der Waals surface area contributed by atoms with Crippen molar-refractivity contribution in [1.82, 2.24) is 19.1 Å². The molecule has 1 saturated heterocycles. The van der Waals surface area contributed by atoms with Crippen molar-refractivity contribution in [2.75, 3.05) is 19.7 Å². The van der Waals surface area contributed by atoms with Crippen molar-refractivity contribution in [3.8, 4) is 11.1 Å². The monoisotopic (exact) mass is 462 g/mol. The van der Waals surface area contributed by atoms with Crippen LogP contribution in [0.25, 0.3) is 22.4 Å². The van der Waals surface area contributed by atoms with E-state index in [1.807, 2.05) is 0 Å². The number of hydrogen-bond donors (Lipinski definition) is 0. The van der Waals surface area contributed by atoms with E-state index >= 15 is 0 Å². The Bertz CT molecular complexity index is 1290. The van der Waals surface area contributed by atoms with Gasteiger partial charge in [-0.1, -0.05) is 24.2 Å². The van der Waals surface area contributed by atoms with E-state index in [-0.39, 0.29) is 36.1 Å². The van der Waals surface area contributed by atoms with Gasteiger partial charge in [-0.2, -0.15) is 5.10 Å². The summed E-state index contributed by atoms with van der Waals surface area (Å²) in [6.45, 7) is 7.15. The summed E-state index contributed by atoms with van der Waals surface area (Å²) in [5.41, 5.74) is -0.399. The summed E-state index contributed by atoms with van der Waals surface area (Å²) in [6, 6.07) is 5.76. The molecule has 0 unspecified atom stereocenters. The first kappa shape index (κ1) is 22.0. The third-order valence-corrected chi connectivity index (χ3v) is 5.57.